The van der Waals surface area contributed by atoms with E-state index in [2.05, 4.69) is 45.7 Å². The Labute approximate surface area is 150 Å². The number of likely N-dealkylation sites (N-methyl/N-ethyl adjacent to an activating group) is 1. The van der Waals surface area contributed by atoms with Gasteiger partial charge < -0.3 is 15.5 Å². The Morgan fingerprint density at radius 1 is 1.24 bits per heavy atom. The third-order valence-corrected chi connectivity index (χ3v) is 6.30. The van der Waals surface area contributed by atoms with Gasteiger partial charge in [-0.25, -0.2) is 0 Å². The predicted molar refractivity (Wildman–Crippen MR) is 100 cm³/mol. The minimum absolute atomic E-state index is 0.218. The van der Waals surface area contributed by atoms with E-state index >= 15 is 0 Å². The van der Waals surface area contributed by atoms with Crippen molar-refractivity contribution in [2.75, 3.05) is 51.6 Å². The van der Waals surface area contributed by atoms with Crippen LogP contribution in [-0.4, -0.2) is 62.0 Å². The predicted octanol–water partition coefficient (Wildman–Crippen LogP) is 1.76. The van der Waals surface area contributed by atoms with Crippen LogP contribution < -0.4 is 10.6 Å². The molecule has 0 radical (unpaired) electrons. The highest BCUT2D eigenvalue weighted by atomic mass is 16.2. The highest BCUT2D eigenvalue weighted by molar-refractivity contribution is 5.95. The van der Waals surface area contributed by atoms with Crippen molar-refractivity contribution in [3.8, 4) is 0 Å². The molecule has 5 nitrogen and oxygen atoms in total. The van der Waals surface area contributed by atoms with Crippen LogP contribution in [-0.2, 0) is 11.3 Å². The SMILES string of the molecule is CN1CCN(Cc2cccc(NC(=O)C3CC34CCNCC4)c2)CC1. The van der Waals surface area contributed by atoms with Crippen LogP contribution in [0.4, 0.5) is 5.69 Å². The van der Waals surface area contributed by atoms with Gasteiger partial charge in [-0.1, -0.05) is 12.1 Å². The molecule has 5 heteroatoms. The largest absolute Gasteiger partial charge is 0.326 e. The Balaban J connectivity index is 1.33. The molecule has 1 spiro atoms. The van der Waals surface area contributed by atoms with Crippen LogP contribution in [0.2, 0.25) is 0 Å². The van der Waals surface area contributed by atoms with E-state index in [1.165, 1.54) is 5.56 Å². The molecule has 1 aliphatic carbocycles. The zero-order valence-electron chi connectivity index (χ0n) is 15.3. The average Bonchev–Trinajstić information content (AvgIpc) is 3.31. The summed E-state index contributed by atoms with van der Waals surface area (Å²) in [6, 6.07) is 8.39. The number of anilines is 1. The lowest BCUT2D eigenvalue weighted by molar-refractivity contribution is -0.118. The summed E-state index contributed by atoms with van der Waals surface area (Å²) in [6.45, 7) is 7.59. The maximum atomic E-state index is 12.6. The third-order valence-electron chi connectivity index (χ3n) is 6.30. The Kier molecular flexibility index (Phi) is 4.80. The summed E-state index contributed by atoms with van der Waals surface area (Å²) in [4.78, 5) is 17.5. The van der Waals surface area contributed by atoms with Crippen LogP contribution in [0, 0.1) is 11.3 Å². The number of amides is 1. The van der Waals surface area contributed by atoms with Gasteiger partial charge in [-0.15, -0.1) is 0 Å². The molecule has 1 amide bonds. The first-order valence-electron chi connectivity index (χ1n) is 9.66. The number of carbonyl (C=O) groups is 1. The Morgan fingerprint density at radius 3 is 2.76 bits per heavy atom. The second kappa shape index (κ2) is 7.06. The molecule has 1 aromatic carbocycles. The van der Waals surface area contributed by atoms with Crippen LogP contribution in [0.15, 0.2) is 24.3 Å². The van der Waals surface area contributed by atoms with Gasteiger partial charge in [0.05, 0.1) is 0 Å². The van der Waals surface area contributed by atoms with Crippen molar-refractivity contribution in [2.24, 2.45) is 11.3 Å². The molecule has 2 aliphatic heterocycles. The lowest BCUT2D eigenvalue weighted by Crippen LogP contribution is -2.43. The summed E-state index contributed by atoms with van der Waals surface area (Å²) in [5.74, 6) is 0.439. The lowest BCUT2D eigenvalue weighted by Gasteiger charge is -2.32. The fraction of sp³-hybridized carbons (Fsp3) is 0.650. The number of piperidine rings is 1. The zero-order valence-corrected chi connectivity index (χ0v) is 15.3. The molecule has 1 saturated carbocycles. The van der Waals surface area contributed by atoms with E-state index in [9.17, 15) is 4.79 Å². The Bertz CT molecular complexity index is 618. The molecular weight excluding hydrogens is 312 g/mol. The highest BCUT2D eigenvalue weighted by Crippen LogP contribution is 2.58. The fourth-order valence-electron chi connectivity index (χ4n) is 4.44. The summed E-state index contributed by atoms with van der Waals surface area (Å²) >= 11 is 0. The monoisotopic (exact) mass is 342 g/mol. The molecule has 2 saturated heterocycles. The fourth-order valence-corrected chi connectivity index (χ4v) is 4.44. The van der Waals surface area contributed by atoms with Gasteiger partial charge in [0, 0.05) is 44.3 Å². The summed E-state index contributed by atoms with van der Waals surface area (Å²) in [7, 11) is 2.18. The van der Waals surface area contributed by atoms with Crippen LogP contribution >= 0.6 is 0 Å². The standard InChI is InChI=1S/C20H30N4O/c1-23-9-11-24(12-10-23)15-16-3-2-4-17(13-16)22-19(25)18-14-20(18)5-7-21-8-6-20/h2-4,13,18,21H,5-12,14-15H2,1H3,(H,22,25). The molecule has 1 atom stereocenters. The minimum atomic E-state index is 0.218. The topological polar surface area (TPSA) is 47.6 Å². The number of hydrogen-bond acceptors (Lipinski definition) is 4. The van der Waals surface area contributed by atoms with Gasteiger partial charge in [-0.05, 0) is 62.5 Å². The normalized spacial score (nSPS) is 26.5. The van der Waals surface area contributed by atoms with Gasteiger partial charge in [-0.2, -0.15) is 0 Å². The van der Waals surface area contributed by atoms with Crippen molar-refractivity contribution >= 4 is 11.6 Å². The van der Waals surface area contributed by atoms with Gasteiger partial charge in [0.15, 0.2) is 0 Å². The third kappa shape index (κ3) is 3.89. The Hall–Kier alpha value is -1.43. The van der Waals surface area contributed by atoms with E-state index in [4.69, 9.17) is 0 Å². The second-order valence-electron chi connectivity index (χ2n) is 8.14. The second-order valence-corrected chi connectivity index (χ2v) is 8.14. The van der Waals surface area contributed by atoms with Crippen molar-refractivity contribution in [1.29, 1.82) is 0 Å². The summed E-state index contributed by atoms with van der Waals surface area (Å²) in [5, 5.41) is 6.57. The maximum Gasteiger partial charge on any atom is 0.228 e. The highest BCUT2D eigenvalue weighted by Gasteiger charge is 2.57. The van der Waals surface area contributed by atoms with Crippen molar-refractivity contribution in [1.82, 2.24) is 15.1 Å². The van der Waals surface area contributed by atoms with Gasteiger partial charge in [0.1, 0.15) is 0 Å². The van der Waals surface area contributed by atoms with Crippen molar-refractivity contribution in [2.45, 2.75) is 25.8 Å². The first-order valence-corrected chi connectivity index (χ1v) is 9.66. The minimum Gasteiger partial charge on any atom is -0.326 e. The number of carbonyl (C=O) groups excluding carboxylic acids is 1. The Morgan fingerprint density at radius 2 is 2.00 bits per heavy atom. The summed E-state index contributed by atoms with van der Waals surface area (Å²) < 4.78 is 0. The molecule has 1 aromatic rings. The van der Waals surface area contributed by atoms with Crippen molar-refractivity contribution in [3.05, 3.63) is 29.8 Å². The molecule has 2 N–H and O–H groups in total. The molecule has 0 aromatic heterocycles. The van der Waals surface area contributed by atoms with Crippen LogP contribution in [0.5, 0.6) is 0 Å². The van der Waals surface area contributed by atoms with Crippen LogP contribution in [0.3, 0.4) is 0 Å². The van der Waals surface area contributed by atoms with Gasteiger partial charge in [-0.3, -0.25) is 9.69 Å². The van der Waals surface area contributed by atoms with E-state index in [-0.39, 0.29) is 11.8 Å². The first kappa shape index (κ1) is 17.0. The maximum absolute atomic E-state index is 12.6. The summed E-state index contributed by atoms with van der Waals surface area (Å²) in [6.07, 6.45) is 3.37. The van der Waals surface area contributed by atoms with E-state index in [0.29, 0.717) is 5.41 Å². The molecular formula is C20H30N4O. The number of nitrogens with zero attached hydrogens (tertiary/aromatic N) is 2. The van der Waals surface area contributed by atoms with Gasteiger partial charge in [0.25, 0.3) is 0 Å². The van der Waals surface area contributed by atoms with E-state index in [1.807, 2.05) is 6.07 Å². The molecule has 0 bridgehead atoms. The molecule has 2 heterocycles. The molecule has 1 unspecified atom stereocenters. The van der Waals surface area contributed by atoms with E-state index in [1.54, 1.807) is 0 Å². The molecule has 4 rings (SSSR count). The smallest absolute Gasteiger partial charge is 0.228 e. The lowest BCUT2D eigenvalue weighted by atomic mass is 9.92. The average molecular weight is 342 g/mol. The van der Waals surface area contributed by atoms with Gasteiger partial charge in [0.2, 0.25) is 5.91 Å². The molecule has 25 heavy (non-hydrogen) atoms. The number of piperazine rings is 1. The first-order chi connectivity index (χ1) is 12.1. The molecule has 3 fully saturated rings. The summed E-state index contributed by atoms with van der Waals surface area (Å²) in [5.41, 5.74) is 2.54. The van der Waals surface area contributed by atoms with Crippen molar-refractivity contribution in [3.63, 3.8) is 0 Å². The van der Waals surface area contributed by atoms with Crippen LogP contribution in [0.25, 0.3) is 0 Å². The van der Waals surface area contributed by atoms with E-state index < -0.39 is 0 Å². The van der Waals surface area contributed by atoms with Gasteiger partial charge >= 0.3 is 0 Å². The molecule has 3 aliphatic rings. The number of rotatable bonds is 4. The number of benzene rings is 1. The van der Waals surface area contributed by atoms with E-state index in [0.717, 1.165) is 70.8 Å². The van der Waals surface area contributed by atoms with Crippen molar-refractivity contribution < 1.29 is 4.79 Å². The quantitative estimate of drug-likeness (QED) is 0.875. The van der Waals surface area contributed by atoms with Crippen LogP contribution in [0.1, 0.15) is 24.8 Å². The number of nitrogens with one attached hydrogen (secondary N) is 2. The molecule has 136 valence electrons. The zero-order chi connectivity index (χ0) is 17.3. The number of hydrogen-bond donors (Lipinski definition) is 2.